The first kappa shape index (κ1) is 17.1. The van der Waals surface area contributed by atoms with Gasteiger partial charge in [0, 0.05) is 36.1 Å². The van der Waals surface area contributed by atoms with Crippen LogP contribution in [0.25, 0.3) is 22.0 Å². The molecule has 0 atom stereocenters. The summed E-state index contributed by atoms with van der Waals surface area (Å²) in [6.45, 7) is 0. The van der Waals surface area contributed by atoms with Crippen molar-refractivity contribution in [2.75, 3.05) is 5.32 Å². The molecule has 4 rings (SSSR count). The molecule has 136 valence electrons. The number of benzene rings is 2. The molecule has 8 nitrogen and oxygen atoms in total. The SMILES string of the molecule is Cn1cc(-c2ccc3nc(Nc4ccc(S(N)(=O)=O)cc4)ncc3c2)cn1. The molecule has 0 aliphatic rings. The number of rotatable bonds is 4. The standard InChI is InChI=1S/C18H16N6O2S/c1-24-11-14(10-21-24)12-2-7-17-13(8-12)9-20-18(23-17)22-15-3-5-16(6-4-15)27(19,25)26/h2-11H,1H3,(H2,19,25,26)(H,20,22,23). The van der Waals surface area contributed by atoms with Crippen molar-refractivity contribution in [2.24, 2.45) is 12.2 Å². The summed E-state index contributed by atoms with van der Waals surface area (Å²) < 4.78 is 24.4. The summed E-state index contributed by atoms with van der Waals surface area (Å²) in [6, 6.07) is 12.0. The van der Waals surface area contributed by atoms with E-state index in [4.69, 9.17) is 5.14 Å². The molecule has 3 N–H and O–H groups in total. The molecule has 9 heteroatoms. The molecular formula is C18H16N6O2S. The van der Waals surface area contributed by atoms with Crippen LogP contribution in [-0.2, 0) is 17.1 Å². The summed E-state index contributed by atoms with van der Waals surface area (Å²) in [5.74, 6) is 0.417. The summed E-state index contributed by atoms with van der Waals surface area (Å²) in [5.41, 5.74) is 3.52. The van der Waals surface area contributed by atoms with Gasteiger partial charge >= 0.3 is 0 Å². The summed E-state index contributed by atoms with van der Waals surface area (Å²) in [5, 5.41) is 13.2. The van der Waals surface area contributed by atoms with Gasteiger partial charge in [-0.25, -0.2) is 23.5 Å². The van der Waals surface area contributed by atoms with E-state index in [1.165, 1.54) is 12.1 Å². The Balaban J connectivity index is 1.60. The third-order valence-corrected chi connectivity index (χ3v) is 4.99. The fraction of sp³-hybridized carbons (Fsp3) is 0.0556. The van der Waals surface area contributed by atoms with Crippen LogP contribution in [0.15, 0.2) is 66.0 Å². The number of anilines is 2. The molecule has 2 aromatic heterocycles. The van der Waals surface area contributed by atoms with Crippen LogP contribution >= 0.6 is 0 Å². The number of primary sulfonamides is 1. The number of hydrogen-bond acceptors (Lipinski definition) is 6. The Labute approximate surface area is 155 Å². The van der Waals surface area contributed by atoms with Gasteiger partial charge in [-0.15, -0.1) is 0 Å². The van der Waals surface area contributed by atoms with Gasteiger partial charge in [-0.3, -0.25) is 4.68 Å². The molecule has 0 radical (unpaired) electrons. The molecule has 2 heterocycles. The lowest BCUT2D eigenvalue weighted by Crippen LogP contribution is -2.11. The van der Waals surface area contributed by atoms with Crippen LogP contribution in [0.5, 0.6) is 0 Å². The van der Waals surface area contributed by atoms with Gasteiger partial charge in [-0.1, -0.05) is 6.07 Å². The zero-order chi connectivity index (χ0) is 19.0. The Kier molecular flexibility index (Phi) is 4.09. The average molecular weight is 380 g/mol. The Hall–Kier alpha value is -3.30. The van der Waals surface area contributed by atoms with E-state index in [9.17, 15) is 8.42 Å². The number of hydrogen-bond donors (Lipinski definition) is 2. The molecule has 0 saturated heterocycles. The maximum Gasteiger partial charge on any atom is 0.238 e. The van der Waals surface area contributed by atoms with E-state index in [0.717, 1.165) is 22.0 Å². The fourth-order valence-electron chi connectivity index (χ4n) is 2.70. The summed E-state index contributed by atoms with van der Waals surface area (Å²) in [4.78, 5) is 8.87. The van der Waals surface area contributed by atoms with Crippen LogP contribution < -0.4 is 10.5 Å². The lowest BCUT2D eigenvalue weighted by atomic mass is 10.1. The van der Waals surface area contributed by atoms with Crippen LogP contribution in [-0.4, -0.2) is 28.2 Å². The lowest BCUT2D eigenvalue weighted by Gasteiger charge is -2.07. The Bertz CT molecular complexity index is 1230. The van der Waals surface area contributed by atoms with E-state index in [-0.39, 0.29) is 4.90 Å². The lowest BCUT2D eigenvalue weighted by molar-refractivity contribution is 0.598. The van der Waals surface area contributed by atoms with Crippen molar-refractivity contribution in [3.05, 3.63) is 61.1 Å². The van der Waals surface area contributed by atoms with Crippen molar-refractivity contribution in [2.45, 2.75) is 4.90 Å². The number of sulfonamides is 1. The number of aryl methyl sites for hydroxylation is 1. The maximum absolute atomic E-state index is 11.3. The highest BCUT2D eigenvalue weighted by molar-refractivity contribution is 7.89. The van der Waals surface area contributed by atoms with Gasteiger partial charge in [-0.2, -0.15) is 5.10 Å². The number of nitrogens with one attached hydrogen (secondary N) is 1. The molecule has 27 heavy (non-hydrogen) atoms. The largest absolute Gasteiger partial charge is 0.324 e. The first-order valence-electron chi connectivity index (χ1n) is 8.04. The van der Waals surface area contributed by atoms with Crippen molar-refractivity contribution in [1.82, 2.24) is 19.7 Å². The normalized spacial score (nSPS) is 11.6. The Morgan fingerprint density at radius 3 is 2.48 bits per heavy atom. The van der Waals surface area contributed by atoms with Crippen molar-refractivity contribution in [3.8, 4) is 11.1 Å². The predicted octanol–water partition coefficient (Wildman–Crippen LogP) is 2.42. The van der Waals surface area contributed by atoms with Crippen molar-refractivity contribution in [3.63, 3.8) is 0 Å². The molecule has 0 fully saturated rings. The maximum atomic E-state index is 11.3. The first-order valence-corrected chi connectivity index (χ1v) is 9.59. The second-order valence-electron chi connectivity index (χ2n) is 6.06. The quantitative estimate of drug-likeness (QED) is 0.562. The molecule has 0 aliphatic heterocycles. The summed E-state index contributed by atoms with van der Waals surface area (Å²) in [7, 11) is -1.84. The molecule has 0 aliphatic carbocycles. The van der Waals surface area contributed by atoms with Gasteiger partial charge in [0.15, 0.2) is 0 Å². The van der Waals surface area contributed by atoms with E-state index in [1.54, 1.807) is 23.0 Å². The van der Waals surface area contributed by atoms with E-state index in [2.05, 4.69) is 20.4 Å². The molecular weight excluding hydrogens is 364 g/mol. The Morgan fingerprint density at radius 2 is 1.81 bits per heavy atom. The van der Waals surface area contributed by atoms with Gasteiger partial charge in [0.2, 0.25) is 16.0 Å². The van der Waals surface area contributed by atoms with Crippen LogP contribution in [0.1, 0.15) is 0 Å². The minimum absolute atomic E-state index is 0.0513. The van der Waals surface area contributed by atoms with Crippen LogP contribution in [0.3, 0.4) is 0 Å². The predicted molar refractivity (Wildman–Crippen MR) is 103 cm³/mol. The van der Waals surface area contributed by atoms with Crippen LogP contribution in [0.4, 0.5) is 11.6 Å². The molecule has 0 bridgehead atoms. The Morgan fingerprint density at radius 1 is 1.04 bits per heavy atom. The van der Waals surface area contributed by atoms with Crippen LogP contribution in [0.2, 0.25) is 0 Å². The van der Waals surface area contributed by atoms with Crippen molar-refractivity contribution < 1.29 is 8.42 Å². The van der Waals surface area contributed by atoms with Crippen LogP contribution in [0, 0.1) is 0 Å². The molecule has 0 amide bonds. The first-order chi connectivity index (χ1) is 12.9. The van der Waals surface area contributed by atoms with Gasteiger partial charge < -0.3 is 5.32 Å². The monoisotopic (exact) mass is 380 g/mol. The number of aromatic nitrogens is 4. The van der Waals surface area contributed by atoms with E-state index in [1.807, 2.05) is 37.6 Å². The topological polar surface area (TPSA) is 116 Å². The van der Waals surface area contributed by atoms with Crippen molar-refractivity contribution in [1.29, 1.82) is 0 Å². The van der Waals surface area contributed by atoms with Gasteiger partial charge in [-0.05, 0) is 42.0 Å². The van der Waals surface area contributed by atoms with Gasteiger partial charge in [0.05, 0.1) is 16.6 Å². The van der Waals surface area contributed by atoms with Gasteiger partial charge in [0.1, 0.15) is 0 Å². The number of fused-ring (bicyclic) bond motifs is 1. The highest BCUT2D eigenvalue weighted by Gasteiger charge is 2.08. The zero-order valence-corrected chi connectivity index (χ0v) is 15.2. The molecule has 0 saturated carbocycles. The molecule has 0 unspecified atom stereocenters. The molecule has 0 spiro atoms. The van der Waals surface area contributed by atoms with E-state index < -0.39 is 10.0 Å². The third-order valence-electron chi connectivity index (χ3n) is 4.06. The molecule has 2 aromatic carbocycles. The number of nitrogens with zero attached hydrogens (tertiary/aromatic N) is 4. The smallest absolute Gasteiger partial charge is 0.238 e. The fourth-order valence-corrected chi connectivity index (χ4v) is 3.22. The zero-order valence-electron chi connectivity index (χ0n) is 14.4. The summed E-state index contributed by atoms with van der Waals surface area (Å²) >= 11 is 0. The second-order valence-corrected chi connectivity index (χ2v) is 7.63. The highest BCUT2D eigenvalue weighted by Crippen LogP contribution is 2.24. The van der Waals surface area contributed by atoms with E-state index >= 15 is 0 Å². The highest BCUT2D eigenvalue weighted by atomic mass is 32.2. The minimum Gasteiger partial charge on any atom is -0.324 e. The van der Waals surface area contributed by atoms with E-state index in [0.29, 0.717) is 11.6 Å². The minimum atomic E-state index is -3.71. The second kappa shape index (κ2) is 6.45. The van der Waals surface area contributed by atoms with Gasteiger partial charge in [0.25, 0.3) is 0 Å². The van der Waals surface area contributed by atoms with Crippen molar-refractivity contribution >= 4 is 32.6 Å². The third kappa shape index (κ3) is 3.64. The molecule has 4 aromatic rings. The summed E-state index contributed by atoms with van der Waals surface area (Å²) in [6.07, 6.45) is 5.50. The average Bonchev–Trinajstić information content (AvgIpc) is 3.07. The number of nitrogens with two attached hydrogens (primary N) is 1.